The van der Waals surface area contributed by atoms with Crippen LogP contribution in [0.4, 0.5) is 4.79 Å². The molecule has 2 rings (SSSR count). The summed E-state index contributed by atoms with van der Waals surface area (Å²) in [6, 6.07) is 3.93. The molecule has 0 heterocycles. The molecule has 0 saturated heterocycles. The van der Waals surface area contributed by atoms with Crippen molar-refractivity contribution in [2.75, 3.05) is 26.3 Å². The first-order valence-corrected chi connectivity index (χ1v) is 11.9. The Morgan fingerprint density at radius 3 is 2.05 bits per heavy atom. The van der Waals surface area contributed by atoms with E-state index in [0.29, 0.717) is 19.4 Å². The third-order valence-electron chi connectivity index (χ3n) is 5.54. The fraction of sp³-hybridized carbons (Fsp3) is 0.560. The van der Waals surface area contributed by atoms with E-state index in [1.54, 1.807) is 20.8 Å². The minimum absolute atomic E-state index is 0.0258. The molecular weight excluding hydrogens is 488 g/mol. The summed E-state index contributed by atoms with van der Waals surface area (Å²) in [4.78, 5) is 58.6. The summed E-state index contributed by atoms with van der Waals surface area (Å²) in [5.74, 6) is -3.30. The summed E-state index contributed by atoms with van der Waals surface area (Å²) in [6.07, 6.45) is 2.30. The van der Waals surface area contributed by atoms with Crippen LogP contribution in [0.25, 0.3) is 0 Å². The Bertz CT molecular complexity index is 994. The highest BCUT2D eigenvalue weighted by Gasteiger charge is 2.27. The Hall–Kier alpha value is -3.83. The van der Waals surface area contributed by atoms with E-state index in [-0.39, 0.29) is 41.4 Å². The van der Waals surface area contributed by atoms with Crippen molar-refractivity contribution in [3.8, 4) is 11.5 Å². The molecule has 1 saturated carbocycles. The van der Waals surface area contributed by atoms with Crippen molar-refractivity contribution in [2.24, 2.45) is 11.8 Å². The molecule has 0 aliphatic heterocycles. The maximum Gasteiger partial charge on any atom is 0.407 e. The zero-order chi connectivity index (χ0) is 27.6. The monoisotopic (exact) mass is 522 g/mol. The predicted octanol–water partition coefficient (Wildman–Crippen LogP) is 2.24. The van der Waals surface area contributed by atoms with E-state index in [1.165, 1.54) is 18.2 Å². The number of alkyl carbamates (subject to hydrolysis) is 1. The van der Waals surface area contributed by atoms with Crippen LogP contribution in [0.15, 0.2) is 18.2 Å². The normalized spacial score (nSPS) is 17.3. The zero-order valence-corrected chi connectivity index (χ0v) is 21.2. The molecule has 0 aromatic heterocycles. The van der Waals surface area contributed by atoms with Crippen molar-refractivity contribution in [3.63, 3.8) is 0 Å². The fourth-order valence-corrected chi connectivity index (χ4v) is 3.78. The van der Waals surface area contributed by atoms with E-state index in [4.69, 9.17) is 24.4 Å². The van der Waals surface area contributed by atoms with Gasteiger partial charge < -0.3 is 35.1 Å². The Morgan fingerprint density at radius 2 is 1.49 bits per heavy atom. The van der Waals surface area contributed by atoms with Gasteiger partial charge in [0.1, 0.15) is 5.60 Å². The standard InChI is InChI=1S/C25H34N2O10/c1-25(2,3)37-24(34)27-11-15-4-6-16(7-5-15)23(33)26-12-18(28)17-8-9-19(35-13-21(29)30)20(10-17)36-14-22(31)32/h8-10,15-16H,4-7,11-14H2,1-3H3,(H,26,33)(H,27,34)(H,29,30)(H,31,32). The van der Waals surface area contributed by atoms with Crippen LogP contribution in [0, 0.1) is 11.8 Å². The van der Waals surface area contributed by atoms with Gasteiger partial charge in [-0.15, -0.1) is 0 Å². The summed E-state index contributed by atoms with van der Waals surface area (Å²) in [6.45, 7) is 4.18. The maximum atomic E-state index is 12.6. The second kappa shape index (κ2) is 13.5. The summed E-state index contributed by atoms with van der Waals surface area (Å²) in [7, 11) is 0. The molecule has 0 unspecified atom stereocenters. The molecule has 0 radical (unpaired) electrons. The highest BCUT2D eigenvalue weighted by atomic mass is 16.6. The van der Waals surface area contributed by atoms with Gasteiger partial charge in [-0.1, -0.05) is 0 Å². The molecule has 0 atom stereocenters. The molecule has 2 amide bonds. The van der Waals surface area contributed by atoms with Crippen molar-refractivity contribution in [1.82, 2.24) is 10.6 Å². The largest absolute Gasteiger partial charge is 0.479 e. The number of hydrogen-bond donors (Lipinski definition) is 4. The van der Waals surface area contributed by atoms with Crippen molar-refractivity contribution >= 4 is 29.7 Å². The minimum atomic E-state index is -1.26. The first-order chi connectivity index (χ1) is 17.3. The average Bonchev–Trinajstić information content (AvgIpc) is 2.82. The second-order valence-corrected chi connectivity index (χ2v) is 9.77. The molecule has 1 aromatic rings. The number of rotatable bonds is 12. The lowest BCUT2D eigenvalue weighted by Gasteiger charge is -2.28. The first-order valence-electron chi connectivity index (χ1n) is 11.9. The molecule has 204 valence electrons. The van der Waals surface area contributed by atoms with Gasteiger partial charge in [0, 0.05) is 18.0 Å². The predicted molar refractivity (Wildman–Crippen MR) is 130 cm³/mol. The lowest BCUT2D eigenvalue weighted by Crippen LogP contribution is -2.39. The number of benzene rings is 1. The molecule has 1 aromatic carbocycles. The molecule has 0 spiro atoms. The number of carbonyl (C=O) groups excluding carboxylic acids is 3. The quantitative estimate of drug-likeness (QED) is 0.298. The van der Waals surface area contributed by atoms with E-state index in [0.717, 1.165) is 12.8 Å². The van der Waals surface area contributed by atoms with E-state index in [1.807, 2.05) is 0 Å². The van der Waals surface area contributed by atoms with Gasteiger partial charge in [-0.3, -0.25) is 9.59 Å². The summed E-state index contributed by atoms with van der Waals surface area (Å²) < 4.78 is 15.4. The maximum absolute atomic E-state index is 12.6. The van der Waals surface area contributed by atoms with Gasteiger partial charge in [0.25, 0.3) is 0 Å². The summed E-state index contributed by atoms with van der Waals surface area (Å²) in [5.41, 5.74) is -0.430. The van der Waals surface area contributed by atoms with E-state index >= 15 is 0 Å². The molecule has 37 heavy (non-hydrogen) atoms. The Kier molecular flexibility index (Phi) is 10.7. The number of ketones is 1. The van der Waals surface area contributed by atoms with Crippen LogP contribution in [0.5, 0.6) is 11.5 Å². The molecule has 1 aliphatic rings. The highest BCUT2D eigenvalue weighted by Crippen LogP contribution is 2.30. The van der Waals surface area contributed by atoms with Crippen LogP contribution >= 0.6 is 0 Å². The van der Waals surface area contributed by atoms with Crippen LogP contribution < -0.4 is 20.1 Å². The van der Waals surface area contributed by atoms with E-state index in [9.17, 15) is 24.0 Å². The lowest BCUT2D eigenvalue weighted by molar-refractivity contribution is -0.140. The Morgan fingerprint density at radius 1 is 0.892 bits per heavy atom. The molecule has 4 N–H and O–H groups in total. The third-order valence-corrected chi connectivity index (χ3v) is 5.54. The van der Waals surface area contributed by atoms with Crippen molar-refractivity contribution < 1.29 is 48.4 Å². The topological polar surface area (TPSA) is 178 Å². The Labute approximate surface area is 214 Å². The molecule has 12 heteroatoms. The fourth-order valence-electron chi connectivity index (χ4n) is 3.78. The number of ether oxygens (including phenoxy) is 3. The smallest absolute Gasteiger partial charge is 0.407 e. The number of hydrogen-bond acceptors (Lipinski definition) is 8. The lowest BCUT2D eigenvalue weighted by atomic mass is 9.81. The number of aliphatic carboxylic acids is 2. The van der Waals surface area contributed by atoms with Gasteiger partial charge in [0.15, 0.2) is 30.5 Å². The first kappa shape index (κ1) is 29.4. The number of carboxylic acids is 2. The van der Waals surface area contributed by atoms with Crippen molar-refractivity contribution in [3.05, 3.63) is 23.8 Å². The van der Waals surface area contributed by atoms with Gasteiger partial charge in [0.2, 0.25) is 5.91 Å². The SMILES string of the molecule is CC(C)(C)OC(=O)NCC1CCC(C(=O)NCC(=O)c2ccc(OCC(=O)O)c(OCC(=O)O)c2)CC1. The molecule has 1 fully saturated rings. The van der Waals surface area contributed by atoms with Gasteiger partial charge in [0.05, 0.1) is 6.54 Å². The van der Waals surface area contributed by atoms with E-state index in [2.05, 4.69) is 10.6 Å². The van der Waals surface area contributed by atoms with Crippen molar-refractivity contribution in [2.45, 2.75) is 52.1 Å². The van der Waals surface area contributed by atoms with Crippen molar-refractivity contribution in [1.29, 1.82) is 0 Å². The zero-order valence-electron chi connectivity index (χ0n) is 21.2. The number of Topliss-reactive ketones (excluding diaryl/α,β-unsaturated/α-hetero) is 1. The Balaban J connectivity index is 1.84. The van der Waals surface area contributed by atoms with Gasteiger partial charge >= 0.3 is 18.0 Å². The molecule has 12 nitrogen and oxygen atoms in total. The number of carboxylic acid groups (broad SMARTS) is 2. The summed E-state index contributed by atoms with van der Waals surface area (Å²) in [5, 5.41) is 23.0. The average molecular weight is 523 g/mol. The highest BCUT2D eigenvalue weighted by molar-refractivity contribution is 6.00. The van der Waals surface area contributed by atoms with Crippen LogP contribution in [0.2, 0.25) is 0 Å². The van der Waals surface area contributed by atoms with Crippen LogP contribution in [-0.2, 0) is 19.1 Å². The molecular formula is C25H34N2O10. The van der Waals surface area contributed by atoms with Crippen LogP contribution in [-0.4, -0.2) is 71.8 Å². The van der Waals surface area contributed by atoms with E-state index < -0.39 is 42.6 Å². The van der Waals surface area contributed by atoms with Crippen LogP contribution in [0.1, 0.15) is 56.8 Å². The van der Waals surface area contributed by atoms with Gasteiger partial charge in [-0.2, -0.15) is 0 Å². The minimum Gasteiger partial charge on any atom is -0.479 e. The molecule has 0 bridgehead atoms. The summed E-state index contributed by atoms with van der Waals surface area (Å²) >= 11 is 0. The van der Waals surface area contributed by atoms with Gasteiger partial charge in [-0.25, -0.2) is 14.4 Å². The van der Waals surface area contributed by atoms with Gasteiger partial charge in [-0.05, 0) is 70.6 Å². The molecule has 1 aliphatic carbocycles. The number of amides is 2. The van der Waals surface area contributed by atoms with Crippen LogP contribution in [0.3, 0.4) is 0 Å². The third kappa shape index (κ3) is 10.8. The second-order valence-electron chi connectivity index (χ2n) is 9.77. The number of nitrogens with one attached hydrogen (secondary N) is 2. The number of carbonyl (C=O) groups is 5.